The van der Waals surface area contributed by atoms with Gasteiger partial charge in [0.2, 0.25) is 5.69 Å². The first-order valence-electron chi connectivity index (χ1n) is 9.42. The number of alkyl halides is 2. The highest BCUT2D eigenvalue weighted by Gasteiger charge is 2.39. The molecule has 4 rings (SSSR count). The summed E-state index contributed by atoms with van der Waals surface area (Å²) in [4.78, 5) is 32.9. The molecular weight excluding hydrogens is 509 g/mol. The maximum atomic E-state index is 14.9. The van der Waals surface area contributed by atoms with Crippen molar-refractivity contribution in [3.05, 3.63) is 96.5 Å². The van der Waals surface area contributed by atoms with Crippen LogP contribution in [0.4, 0.5) is 8.78 Å². The Morgan fingerprint density at radius 1 is 1.14 bits per heavy atom. The van der Waals surface area contributed by atoms with E-state index in [0.717, 1.165) is 18.3 Å². The van der Waals surface area contributed by atoms with E-state index in [1.54, 1.807) is 6.07 Å². The van der Waals surface area contributed by atoms with Gasteiger partial charge in [-0.25, -0.2) is 4.79 Å². The molecule has 0 aliphatic carbocycles. The van der Waals surface area contributed by atoms with Crippen LogP contribution < -0.4 is 16.0 Å². The lowest BCUT2D eigenvalue weighted by Crippen LogP contribution is -2.33. The quantitative estimate of drug-likeness (QED) is 0.407. The van der Waals surface area contributed by atoms with Crippen molar-refractivity contribution in [3.63, 3.8) is 0 Å². The van der Waals surface area contributed by atoms with Crippen molar-refractivity contribution in [2.24, 2.45) is 0 Å². The van der Waals surface area contributed by atoms with Gasteiger partial charge < -0.3 is 9.84 Å². The number of nitrogens with zero attached hydrogens (tertiary/aromatic N) is 5. The molecule has 0 aliphatic rings. The van der Waals surface area contributed by atoms with Crippen LogP contribution in [-0.2, 0) is 5.92 Å². The van der Waals surface area contributed by atoms with Crippen LogP contribution in [0.25, 0.3) is 5.69 Å². The van der Waals surface area contributed by atoms with Crippen molar-refractivity contribution in [3.8, 4) is 29.3 Å². The summed E-state index contributed by atoms with van der Waals surface area (Å²) >= 11 is 12.4. The Bertz CT molecular complexity index is 1580. The Morgan fingerprint density at radius 2 is 1.80 bits per heavy atom. The lowest BCUT2D eigenvalue weighted by atomic mass is 10.1. The number of halogens is 4. The van der Waals surface area contributed by atoms with Crippen LogP contribution in [0.5, 0.6) is 17.5 Å². The van der Waals surface area contributed by atoms with E-state index in [2.05, 4.69) is 15.1 Å². The van der Waals surface area contributed by atoms with Crippen LogP contribution >= 0.6 is 23.2 Å². The third-order valence-electron chi connectivity index (χ3n) is 4.54. The molecule has 0 aliphatic heterocycles. The first kappa shape index (κ1) is 23.8. The first-order valence-corrected chi connectivity index (χ1v) is 10.2. The van der Waals surface area contributed by atoms with Gasteiger partial charge in [-0.05, 0) is 12.1 Å². The molecule has 2 aromatic carbocycles. The average Bonchev–Trinajstić information content (AvgIpc) is 2.83. The number of aromatic nitrogens is 5. The topological polar surface area (TPSA) is 147 Å². The monoisotopic (exact) mass is 518 g/mol. The SMILES string of the molecule is N#Cc1nn(-c2cc(Cl)c(Oc3ncc(O)c(C(F)(F)c4ccccc4)n3)c(Cl)c2)c(=O)[nH]c1=O. The van der Waals surface area contributed by atoms with Gasteiger partial charge in [0.15, 0.2) is 17.2 Å². The second-order valence-electron chi connectivity index (χ2n) is 6.80. The van der Waals surface area contributed by atoms with E-state index in [0.29, 0.717) is 4.68 Å². The van der Waals surface area contributed by atoms with Crippen LogP contribution in [0, 0.1) is 11.3 Å². The molecule has 14 heteroatoms. The summed E-state index contributed by atoms with van der Waals surface area (Å²) in [5.41, 5.74) is -3.99. The maximum absolute atomic E-state index is 14.9. The van der Waals surface area contributed by atoms with Crippen LogP contribution in [0.3, 0.4) is 0 Å². The Morgan fingerprint density at radius 3 is 2.43 bits per heavy atom. The molecule has 0 bridgehead atoms. The number of nitrogens with one attached hydrogen (secondary N) is 1. The van der Waals surface area contributed by atoms with Gasteiger partial charge in [0, 0.05) is 5.56 Å². The van der Waals surface area contributed by atoms with Gasteiger partial charge >= 0.3 is 17.6 Å². The van der Waals surface area contributed by atoms with Crippen LogP contribution in [-0.4, -0.2) is 29.8 Å². The van der Waals surface area contributed by atoms with Gasteiger partial charge in [-0.2, -0.15) is 28.7 Å². The fourth-order valence-corrected chi connectivity index (χ4v) is 3.48. The number of aromatic hydroxyl groups is 1. The summed E-state index contributed by atoms with van der Waals surface area (Å²) in [6.07, 6.45) is 0.734. The number of benzene rings is 2. The molecule has 4 aromatic rings. The largest absolute Gasteiger partial charge is 0.504 e. The van der Waals surface area contributed by atoms with Crippen molar-refractivity contribution < 1.29 is 18.6 Å². The Kier molecular flexibility index (Phi) is 6.21. The van der Waals surface area contributed by atoms with E-state index < -0.39 is 45.9 Å². The average molecular weight is 519 g/mol. The fraction of sp³-hybridized carbons (Fsp3) is 0.0476. The molecule has 0 saturated heterocycles. The molecule has 2 aromatic heterocycles. The van der Waals surface area contributed by atoms with Crippen molar-refractivity contribution in [2.45, 2.75) is 5.92 Å². The zero-order valence-corrected chi connectivity index (χ0v) is 18.6. The second kappa shape index (κ2) is 9.13. The molecule has 176 valence electrons. The minimum atomic E-state index is -3.68. The molecule has 0 radical (unpaired) electrons. The molecule has 0 unspecified atom stereocenters. The number of rotatable bonds is 5. The molecule has 0 spiro atoms. The first-order chi connectivity index (χ1) is 16.6. The summed E-state index contributed by atoms with van der Waals surface area (Å²) in [5, 5.41) is 22.1. The van der Waals surface area contributed by atoms with Crippen molar-refractivity contribution in [1.82, 2.24) is 24.7 Å². The van der Waals surface area contributed by atoms with Gasteiger partial charge in [0.05, 0.1) is 21.9 Å². The minimum absolute atomic E-state index is 0.0342. The lowest BCUT2D eigenvalue weighted by molar-refractivity contribution is 0.0344. The highest BCUT2D eigenvalue weighted by molar-refractivity contribution is 6.37. The maximum Gasteiger partial charge on any atom is 0.349 e. The third-order valence-corrected chi connectivity index (χ3v) is 5.10. The summed E-state index contributed by atoms with van der Waals surface area (Å²) < 4.78 is 36.0. The van der Waals surface area contributed by atoms with Gasteiger partial charge in [-0.15, -0.1) is 5.10 Å². The van der Waals surface area contributed by atoms with Crippen LogP contribution in [0.1, 0.15) is 17.0 Å². The third kappa shape index (κ3) is 4.54. The summed E-state index contributed by atoms with van der Waals surface area (Å²) in [5.74, 6) is -4.80. The molecule has 10 nitrogen and oxygen atoms in total. The molecule has 0 amide bonds. The molecule has 2 N–H and O–H groups in total. The minimum Gasteiger partial charge on any atom is -0.504 e. The summed E-state index contributed by atoms with van der Waals surface area (Å²) in [6, 6.07) is 9.96. The predicted molar refractivity (Wildman–Crippen MR) is 118 cm³/mol. The molecule has 0 saturated carbocycles. The standard InChI is InChI=1S/C21H10Cl2F2N6O4/c22-12-6-11(31-20(34)29-18(33)14(8-26)30-31)7-13(23)16(12)35-19-27-9-15(32)17(28-19)21(24,25)10-4-2-1-3-5-10/h1-7,9,32H,(H,29,33,34). The molecule has 0 atom stereocenters. The highest BCUT2D eigenvalue weighted by atomic mass is 35.5. The van der Waals surface area contributed by atoms with Gasteiger partial charge in [-0.1, -0.05) is 53.5 Å². The van der Waals surface area contributed by atoms with E-state index in [1.807, 2.05) is 4.98 Å². The zero-order chi connectivity index (χ0) is 25.3. The number of H-pyrrole nitrogens is 1. The number of nitriles is 1. The zero-order valence-electron chi connectivity index (χ0n) is 17.0. The highest BCUT2D eigenvalue weighted by Crippen LogP contribution is 2.41. The van der Waals surface area contributed by atoms with Gasteiger partial charge in [-0.3, -0.25) is 9.78 Å². The van der Waals surface area contributed by atoms with Crippen LogP contribution in [0.2, 0.25) is 10.0 Å². The lowest BCUT2D eigenvalue weighted by Gasteiger charge is -2.18. The van der Waals surface area contributed by atoms with E-state index in [9.17, 15) is 23.5 Å². The number of hydrogen-bond acceptors (Lipinski definition) is 8. The Labute approximate surface area is 203 Å². The molecule has 0 fully saturated rings. The molecule has 2 heterocycles. The molecular formula is C21H10Cl2F2N6O4. The van der Waals surface area contributed by atoms with Gasteiger partial charge in [0.25, 0.3) is 5.56 Å². The van der Waals surface area contributed by atoms with E-state index >= 15 is 0 Å². The van der Waals surface area contributed by atoms with E-state index in [-0.39, 0.29) is 21.5 Å². The predicted octanol–water partition coefficient (Wildman–Crippen LogP) is 3.53. The van der Waals surface area contributed by atoms with Crippen LogP contribution in [0.15, 0.2) is 58.3 Å². The van der Waals surface area contributed by atoms with E-state index in [4.69, 9.17) is 33.2 Å². The van der Waals surface area contributed by atoms with Crippen molar-refractivity contribution in [2.75, 3.05) is 0 Å². The summed E-state index contributed by atoms with van der Waals surface area (Å²) in [7, 11) is 0. The number of ether oxygens (including phenoxy) is 1. The van der Waals surface area contributed by atoms with Crippen molar-refractivity contribution in [1.29, 1.82) is 5.26 Å². The Hall–Kier alpha value is -4.34. The Balaban J connectivity index is 1.72. The second-order valence-corrected chi connectivity index (χ2v) is 7.61. The van der Waals surface area contributed by atoms with E-state index in [1.165, 1.54) is 30.3 Å². The number of hydrogen-bond donors (Lipinski definition) is 2. The summed E-state index contributed by atoms with van der Waals surface area (Å²) in [6.45, 7) is 0. The molecule has 35 heavy (non-hydrogen) atoms. The van der Waals surface area contributed by atoms with Gasteiger partial charge in [0.1, 0.15) is 6.07 Å². The van der Waals surface area contributed by atoms with Crippen molar-refractivity contribution >= 4 is 23.2 Å². The fourth-order valence-electron chi connectivity index (χ4n) is 2.93. The normalized spacial score (nSPS) is 11.2. The number of aromatic amines is 1. The smallest absolute Gasteiger partial charge is 0.349 e.